The van der Waals surface area contributed by atoms with Gasteiger partial charge >= 0.3 is 0 Å². The molecule has 1 aliphatic heterocycles. The normalized spacial score (nSPS) is 16.6. The zero-order chi connectivity index (χ0) is 20.5. The van der Waals surface area contributed by atoms with E-state index in [-0.39, 0.29) is 11.7 Å². The van der Waals surface area contributed by atoms with Crippen LogP contribution in [0.15, 0.2) is 24.4 Å². The van der Waals surface area contributed by atoms with Crippen LogP contribution in [0.2, 0.25) is 0 Å². The third kappa shape index (κ3) is 3.80. The van der Waals surface area contributed by atoms with Crippen molar-refractivity contribution in [2.24, 2.45) is 0 Å². The Balaban J connectivity index is 1.47. The number of hydrogen-bond acceptors (Lipinski definition) is 6. The molecule has 0 aliphatic carbocycles. The second kappa shape index (κ2) is 7.79. The number of hydrogen-bond donors (Lipinski definition) is 2. The molecule has 1 aromatic carbocycles. The number of nitrogens with zero attached hydrogens (tertiary/aromatic N) is 5. The highest BCUT2D eigenvalue weighted by Gasteiger charge is 2.26. The number of aromatic nitrogens is 4. The molecule has 2 aromatic heterocycles. The van der Waals surface area contributed by atoms with Crippen molar-refractivity contribution in [3.05, 3.63) is 47.0 Å². The number of benzene rings is 1. The Morgan fingerprint density at radius 1 is 1.31 bits per heavy atom. The van der Waals surface area contributed by atoms with E-state index < -0.39 is 0 Å². The quantitative estimate of drug-likeness (QED) is 0.689. The summed E-state index contributed by atoms with van der Waals surface area (Å²) in [6.45, 7) is 6.51. The van der Waals surface area contributed by atoms with Crippen molar-refractivity contribution in [1.82, 2.24) is 30.4 Å². The van der Waals surface area contributed by atoms with E-state index in [1.54, 1.807) is 14.1 Å². The van der Waals surface area contributed by atoms with Gasteiger partial charge in [0, 0.05) is 56.4 Å². The van der Waals surface area contributed by atoms with Crippen LogP contribution in [0.3, 0.4) is 0 Å². The maximum atomic E-state index is 12.3. The summed E-state index contributed by atoms with van der Waals surface area (Å²) in [5.74, 6) is 0.955. The van der Waals surface area contributed by atoms with Crippen LogP contribution in [0, 0.1) is 13.8 Å². The SMILES string of the molecule is Cc1nc(C(=O)N(C)C)nc(N2CC[C@@H](NCc3cccc4[nH]ncc34)C2)c1C. The summed E-state index contributed by atoms with van der Waals surface area (Å²) in [4.78, 5) is 25.1. The summed E-state index contributed by atoms with van der Waals surface area (Å²) in [5, 5.41) is 12.0. The third-order valence-electron chi connectivity index (χ3n) is 5.61. The molecule has 1 amide bonds. The Labute approximate surface area is 170 Å². The van der Waals surface area contributed by atoms with Gasteiger partial charge < -0.3 is 15.1 Å². The van der Waals surface area contributed by atoms with Crippen molar-refractivity contribution < 1.29 is 4.79 Å². The van der Waals surface area contributed by atoms with Crippen LogP contribution in [-0.2, 0) is 6.54 Å². The zero-order valence-electron chi connectivity index (χ0n) is 17.4. The van der Waals surface area contributed by atoms with E-state index in [9.17, 15) is 4.79 Å². The molecule has 1 aliphatic rings. The predicted octanol–water partition coefficient (Wildman–Crippen LogP) is 2.04. The number of carbonyl (C=O) groups excluding carboxylic acids is 1. The molecule has 4 rings (SSSR count). The van der Waals surface area contributed by atoms with Gasteiger partial charge in [-0.3, -0.25) is 9.89 Å². The van der Waals surface area contributed by atoms with E-state index in [2.05, 4.69) is 42.5 Å². The minimum absolute atomic E-state index is 0.170. The molecule has 8 heteroatoms. The zero-order valence-corrected chi connectivity index (χ0v) is 17.4. The van der Waals surface area contributed by atoms with Crippen molar-refractivity contribution in [1.29, 1.82) is 0 Å². The minimum Gasteiger partial charge on any atom is -0.355 e. The van der Waals surface area contributed by atoms with Crippen LogP contribution in [-0.4, -0.2) is 64.2 Å². The van der Waals surface area contributed by atoms with Crippen molar-refractivity contribution in [2.75, 3.05) is 32.1 Å². The van der Waals surface area contributed by atoms with Crippen LogP contribution in [0.4, 0.5) is 5.82 Å². The van der Waals surface area contributed by atoms with Gasteiger partial charge in [0.1, 0.15) is 5.82 Å². The predicted molar refractivity (Wildman–Crippen MR) is 113 cm³/mol. The molecule has 1 atom stereocenters. The van der Waals surface area contributed by atoms with Crippen molar-refractivity contribution in [3.8, 4) is 0 Å². The summed E-state index contributed by atoms with van der Waals surface area (Å²) in [6, 6.07) is 6.58. The fourth-order valence-corrected chi connectivity index (χ4v) is 3.77. The van der Waals surface area contributed by atoms with E-state index in [4.69, 9.17) is 0 Å². The van der Waals surface area contributed by atoms with Gasteiger partial charge in [0.05, 0.1) is 11.7 Å². The van der Waals surface area contributed by atoms with E-state index in [1.165, 1.54) is 10.5 Å². The van der Waals surface area contributed by atoms with Gasteiger partial charge in [-0.2, -0.15) is 5.10 Å². The lowest BCUT2D eigenvalue weighted by molar-refractivity contribution is 0.0815. The maximum absolute atomic E-state index is 12.3. The number of anilines is 1. The highest BCUT2D eigenvalue weighted by atomic mass is 16.2. The summed E-state index contributed by atoms with van der Waals surface area (Å²) in [7, 11) is 3.44. The molecule has 29 heavy (non-hydrogen) atoms. The van der Waals surface area contributed by atoms with Crippen LogP contribution < -0.4 is 10.2 Å². The first-order valence-electron chi connectivity index (χ1n) is 9.90. The fraction of sp³-hybridized carbons (Fsp3) is 0.429. The van der Waals surface area contributed by atoms with Gasteiger partial charge in [0.25, 0.3) is 5.91 Å². The first-order chi connectivity index (χ1) is 13.9. The van der Waals surface area contributed by atoms with E-state index in [1.807, 2.05) is 26.1 Å². The number of rotatable bonds is 5. The lowest BCUT2D eigenvalue weighted by atomic mass is 10.1. The summed E-state index contributed by atoms with van der Waals surface area (Å²) < 4.78 is 0. The number of nitrogens with one attached hydrogen (secondary N) is 2. The van der Waals surface area contributed by atoms with Crippen LogP contribution in [0.5, 0.6) is 0 Å². The van der Waals surface area contributed by atoms with E-state index in [0.717, 1.165) is 54.0 Å². The van der Waals surface area contributed by atoms with Gasteiger partial charge in [-0.1, -0.05) is 12.1 Å². The molecule has 3 heterocycles. The molecule has 152 valence electrons. The van der Waals surface area contributed by atoms with Crippen molar-refractivity contribution >= 4 is 22.6 Å². The van der Waals surface area contributed by atoms with Crippen LogP contribution in [0.25, 0.3) is 10.9 Å². The molecule has 1 saturated heterocycles. The van der Waals surface area contributed by atoms with Gasteiger partial charge in [0.2, 0.25) is 5.82 Å². The van der Waals surface area contributed by atoms with Crippen molar-refractivity contribution in [3.63, 3.8) is 0 Å². The largest absolute Gasteiger partial charge is 0.355 e. The van der Waals surface area contributed by atoms with Crippen molar-refractivity contribution in [2.45, 2.75) is 32.9 Å². The molecule has 8 nitrogen and oxygen atoms in total. The third-order valence-corrected chi connectivity index (χ3v) is 5.61. The lowest BCUT2D eigenvalue weighted by Gasteiger charge is -2.22. The summed E-state index contributed by atoms with van der Waals surface area (Å²) in [6.07, 6.45) is 2.91. The average Bonchev–Trinajstić information content (AvgIpc) is 3.37. The lowest BCUT2D eigenvalue weighted by Crippen LogP contribution is -2.33. The topological polar surface area (TPSA) is 90.0 Å². The Morgan fingerprint density at radius 2 is 2.14 bits per heavy atom. The van der Waals surface area contributed by atoms with Crippen LogP contribution >= 0.6 is 0 Å². The molecule has 0 saturated carbocycles. The van der Waals surface area contributed by atoms with Gasteiger partial charge in [-0.05, 0) is 31.9 Å². The minimum atomic E-state index is -0.170. The van der Waals surface area contributed by atoms with Gasteiger partial charge in [0.15, 0.2) is 0 Å². The Bertz CT molecular complexity index is 1040. The molecule has 2 N–H and O–H groups in total. The van der Waals surface area contributed by atoms with Gasteiger partial charge in [-0.15, -0.1) is 0 Å². The Kier molecular flexibility index (Phi) is 5.19. The molecule has 0 unspecified atom stereocenters. The first-order valence-corrected chi connectivity index (χ1v) is 9.90. The Morgan fingerprint density at radius 3 is 2.93 bits per heavy atom. The van der Waals surface area contributed by atoms with E-state index in [0.29, 0.717) is 6.04 Å². The molecule has 1 fully saturated rings. The highest BCUT2D eigenvalue weighted by molar-refractivity contribution is 5.90. The fourth-order valence-electron chi connectivity index (χ4n) is 3.77. The number of aryl methyl sites for hydroxylation is 1. The first kappa shape index (κ1) is 19.3. The molecular weight excluding hydrogens is 366 g/mol. The second-order valence-electron chi connectivity index (χ2n) is 7.84. The maximum Gasteiger partial charge on any atom is 0.291 e. The van der Waals surface area contributed by atoms with E-state index >= 15 is 0 Å². The molecule has 0 bridgehead atoms. The summed E-state index contributed by atoms with van der Waals surface area (Å²) >= 11 is 0. The molecule has 0 radical (unpaired) electrons. The number of aromatic amines is 1. The number of fused-ring (bicyclic) bond motifs is 1. The van der Waals surface area contributed by atoms with Gasteiger partial charge in [-0.25, -0.2) is 9.97 Å². The smallest absolute Gasteiger partial charge is 0.291 e. The molecule has 3 aromatic rings. The highest BCUT2D eigenvalue weighted by Crippen LogP contribution is 2.25. The van der Waals surface area contributed by atoms with Crippen LogP contribution in [0.1, 0.15) is 33.9 Å². The second-order valence-corrected chi connectivity index (χ2v) is 7.84. The summed E-state index contributed by atoms with van der Waals surface area (Å²) in [5.41, 5.74) is 4.18. The molecular formula is C21H27N7O. The Hall–Kier alpha value is -3.00. The standard InChI is InChI=1S/C21H27N7O/c1-13-14(2)24-19(21(29)27(3)4)25-20(13)28-9-8-16(12-28)22-10-15-6-5-7-18-17(15)11-23-26-18/h5-7,11,16,22H,8-10,12H2,1-4H3,(H,23,26)/t16-/m1/s1. The number of amides is 1. The average molecular weight is 393 g/mol. The monoisotopic (exact) mass is 393 g/mol. The molecule has 0 spiro atoms. The number of H-pyrrole nitrogens is 1. The number of carbonyl (C=O) groups is 1.